The molecule has 174 valence electrons. The van der Waals surface area contributed by atoms with Gasteiger partial charge in [-0.05, 0) is 24.5 Å². The van der Waals surface area contributed by atoms with E-state index in [4.69, 9.17) is 11.6 Å². The van der Waals surface area contributed by atoms with Crippen LogP contribution in [0, 0.1) is 5.92 Å². The number of carbonyl (C=O) groups is 4. The molecule has 32 heavy (non-hydrogen) atoms. The minimum atomic E-state index is -0.834. The van der Waals surface area contributed by atoms with Crippen molar-refractivity contribution in [3.8, 4) is 0 Å². The van der Waals surface area contributed by atoms with Gasteiger partial charge in [0, 0.05) is 31.4 Å². The topological polar surface area (TPSA) is 115 Å². The van der Waals surface area contributed by atoms with Crippen LogP contribution in [0.4, 0.5) is 0 Å². The maximum atomic E-state index is 13.1. The Hall–Kier alpha value is -3.07. The minimum Gasteiger partial charge on any atom is -0.359 e. The zero-order valence-electron chi connectivity index (χ0n) is 18.8. The molecule has 10 heteroatoms. The van der Waals surface area contributed by atoms with Gasteiger partial charge in [0.25, 0.3) is 17.7 Å². The van der Waals surface area contributed by atoms with E-state index in [1.165, 1.54) is 11.9 Å². The largest absolute Gasteiger partial charge is 0.359 e. The number of fused-ring (bicyclic) bond motifs is 1. The van der Waals surface area contributed by atoms with Crippen molar-refractivity contribution in [2.75, 3.05) is 26.5 Å². The highest BCUT2D eigenvalue weighted by atomic mass is 35.5. The van der Waals surface area contributed by atoms with Crippen LogP contribution in [-0.4, -0.2) is 71.1 Å². The fourth-order valence-corrected chi connectivity index (χ4v) is 3.41. The number of aromatic amines is 1. The summed E-state index contributed by atoms with van der Waals surface area (Å²) < 4.78 is 0. The van der Waals surface area contributed by atoms with E-state index in [1.807, 2.05) is 38.1 Å². The van der Waals surface area contributed by atoms with Crippen LogP contribution in [0.15, 0.2) is 30.3 Å². The third-order valence-corrected chi connectivity index (χ3v) is 5.28. The standard InChI is InChI=1S/C22H30ClN5O4/c1-14(2)11-18(21(31)26-28(20(30)13-23)10-9-19(29)24-3)27(4)22(32)17-12-15-7-5-6-8-16(15)25-17/h5-8,12,14,18,25H,9-11,13H2,1-4H3,(H,24,29)(H,26,31)/t18-/m1/s1. The van der Waals surface area contributed by atoms with Gasteiger partial charge in [0.1, 0.15) is 17.6 Å². The predicted molar refractivity (Wildman–Crippen MR) is 123 cm³/mol. The summed E-state index contributed by atoms with van der Waals surface area (Å²) in [6.45, 7) is 3.84. The Labute approximate surface area is 192 Å². The quantitative estimate of drug-likeness (QED) is 0.389. The van der Waals surface area contributed by atoms with Gasteiger partial charge in [0.2, 0.25) is 5.91 Å². The number of nitrogens with one attached hydrogen (secondary N) is 3. The smallest absolute Gasteiger partial charge is 0.270 e. The van der Waals surface area contributed by atoms with Crippen LogP contribution in [0.5, 0.6) is 0 Å². The lowest BCUT2D eigenvalue weighted by Gasteiger charge is -2.31. The van der Waals surface area contributed by atoms with E-state index in [0.717, 1.165) is 15.9 Å². The van der Waals surface area contributed by atoms with E-state index in [9.17, 15) is 19.2 Å². The Balaban J connectivity index is 2.21. The van der Waals surface area contributed by atoms with E-state index in [-0.39, 0.29) is 36.6 Å². The van der Waals surface area contributed by atoms with Gasteiger partial charge in [0.05, 0.1) is 6.54 Å². The van der Waals surface area contributed by atoms with E-state index in [2.05, 4.69) is 15.7 Å². The summed E-state index contributed by atoms with van der Waals surface area (Å²) in [7, 11) is 3.04. The third kappa shape index (κ3) is 6.46. The van der Waals surface area contributed by atoms with Crippen LogP contribution in [0.3, 0.4) is 0 Å². The molecule has 1 atom stereocenters. The molecular weight excluding hydrogens is 434 g/mol. The van der Waals surface area contributed by atoms with Crippen molar-refractivity contribution in [1.29, 1.82) is 0 Å². The molecule has 2 rings (SSSR count). The Kier molecular flexibility index (Phi) is 9.07. The van der Waals surface area contributed by atoms with Gasteiger partial charge in [-0.1, -0.05) is 32.0 Å². The van der Waals surface area contributed by atoms with Crippen molar-refractivity contribution in [2.24, 2.45) is 5.92 Å². The highest BCUT2D eigenvalue weighted by molar-refractivity contribution is 6.27. The average molecular weight is 464 g/mol. The fraction of sp³-hybridized carbons (Fsp3) is 0.455. The van der Waals surface area contributed by atoms with E-state index < -0.39 is 17.9 Å². The van der Waals surface area contributed by atoms with E-state index >= 15 is 0 Å². The number of hydrogen-bond donors (Lipinski definition) is 3. The monoisotopic (exact) mass is 463 g/mol. The number of para-hydroxylation sites is 1. The van der Waals surface area contributed by atoms with Crippen molar-refractivity contribution in [2.45, 2.75) is 32.7 Å². The maximum absolute atomic E-state index is 13.1. The van der Waals surface area contributed by atoms with Crippen LogP contribution in [-0.2, 0) is 14.4 Å². The number of hydrogen-bond acceptors (Lipinski definition) is 4. The molecule has 1 aromatic carbocycles. The number of benzene rings is 1. The molecule has 0 aliphatic rings. The molecule has 0 unspecified atom stereocenters. The summed E-state index contributed by atoms with van der Waals surface area (Å²) in [4.78, 5) is 54.4. The van der Waals surface area contributed by atoms with Crippen molar-refractivity contribution in [3.05, 3.63) is 36.0 Å². The Morgan fingerprint density at radius 3 is 2.44 bits per heavy atom. The highest BCUT2D eigenvalue weighted by Crippen LogP contribution is 2.18. The first-order chi connectivity index (χ1) is 15.2. The number of nitrogens with zero attached hydrogens (tertiary/aromatic N) is 2. The van der Waals surface area contributed by atoms with Crippen molar-refractivity contribution < 1.29 is 19.2 Å². The van der Waals surface area contributed by atoms with E-state index in [1.54, 1.807) is 13.1 Å². The summed E-state index contributed by atoms with van der Waals surface area (Å²) in [6.07, 6.45) is 0.380. The van der Waals surface area contributed by atoms with E-state index in [0.29, 0.717) is 12.1 Å². The Morgan fingerprint density at radius 2 is 1.84 bits per heavy atom. The van der Waals surface area contributed by atoms with Crippen LogP contribution in [0.1, 0.15) is 37.2 Å². The van der Waals surface area contributed by atoms with Crippen molar-refractivity contribution >= 4 is 46.1 Å². The SMILES string of the molecule is CNC(=O)CCN(NC(=O)[C@@H](CC(C)C)N(C)C(=O)c1cc2ccccc2[nH]1)C(=O)CCl. The lowest BCUT2D eigenvalue weighted by molar-refractivity contribution is -0.142. The molecule has 9 nitrogen and oxygen atoms in total. The first kappa shape index (κ1) is 25.2. The maximum Gasteiger partial charge on any atom is 0.270 e. The summed E-state index contributed by atoms with van der Waals surface area (Å²) in [5.74, 6) is -1.95. The molecule has 0 aliphatic carbocycles. The number of aromatic nitrogens is 1. The summed E-state index contributed by atoms with van der Waals surface area (Å²) >= 11 is 5.66. The number of hydrazine groups is 1. The van der Waals surface area contributed by atoms with Crippen molar-refractivity contribution in [1.82, 2.24) is 25.6 Å². The second-order valence-electron chi connectivity index (χ2n) is 7.91. The lowest BCUT2D eigenvalue weighted by atomic mass is 10.0. The Bertz CT molecular complexity index is 941. The molecule has 0 fully saturated rings. The number of rotatable bonds is 9. The van der Waals surface area contributed by atoms with Gasteiger partial charge in [-0.3, -0.25) is 29.6 Å². The normalized spacial score (nSPS) is 11.8. The molecule has 0 spiro atoms. The van der Waals surface area contributed by atoms with Gasteiger partial charge in [0.15, 0.2) is 0 Å². The minimum absolute atomic E-state index is 0.00189. The second kappa shape index (κ2) is 11.5. The molecule has 1 heterocycles. The van der Waals surface area contributed by atoms with Gasteiger partial charge < -0.3 is 15.2 Å². The molecule has 0 aliphatic heterocycles. The third-order valence-electron chi connectivity index (χ3n) is 5.05. The molecule has 0 bridgehead atoms. The van der Waals surface area contributed by atoms with Gasteiger partial charge in [-0.25, -0.2) is 0 Å². The van der Waals surface area contributed by atoms with Crippen LogP contribution < -0.4 is 10.7 Å². The number of likely N-dealkylation sites (N-methyl/N-ethyl adjacent to an activating group) is 1. The molecule has 4 amide bonds. The molecular formula is C22H30ClN5O4. The zero-order valence-corrected chi connectivity index (χ0v) is 19.5. The average Bonchev–Trinajstić information content (AvgIpc) is 3.22. The van der Waals surface area contributed by atoms with Gasteiger partial charge in [-0.2, -0.15) is 0 Å². The highest BCUT2D eigenvalue weighted by Gasteiger charge is 2.31. The predicted octanol–water partition coefficient (Wildman–Crippen LogP) is 1.89. The molecule has 0 radical (unpaired) electrons. The summed E-state index contributed by atoms with van der Waals surface area (Å²) in [6, 6.07) is 8.41. The first-order valence-electron chi connectivity index (χ1n) is 10.4. The number of carbonyl (C=O) groups excluding carboxylic acids is 4. The molecule has 0 saturated heterocycles. The number of alkyl halides is 1. The number of H-pyrrole nitrogens is 1. The van der Waals surface area contributed by atoms with Gasteiger partial charge >= 0.3 is 0 Å². The lowest BCUT2D eigenvalue weighted by Crippen LogP contribution is -2.55. The van der Waals surface area contributed by atoms with Gasteiger partial charge in [-0.15, -0.1) is 11.6 Å². The molecule has 1 aromatic heterocycles. The van der Waals surface area contributed by atoms with Crippen LogP contribution in [0.2, 0.25) is 0 Å². The Morgan fingerprint density at radius 1 is 1.16 bits per heavy atom. The summed E-state index contributed by atoms with van der Waals surface area (Å²) in [5.41, 5.74) is 3.73. The second-order valence-corrected chi connectivity index (χ2v) is 8.18. The van der Waals surface area contributed by atoms with Crippen LogP contribution >= 0.6 is 11.6 Å². The fourth-order valence-electron chi connectivity index (χ4n) is 3.27. The number of amides is 4. The molecule has 0 saturated carbocycles. The van der Waals surface area contributed by atoms with Crippen molar-refractivity contribution in [3.63, 3.8) is 0 Å². The molecule has 2 aromatic rings. The molecule has 3 N–H and O–H groups in total. The zero-order chi connectivity index (χ0) is 23.8. The summed E-state index contributed by atoms with van der Waals surface area (Å²) in [5, 5.41) is 4.38. The van der Waals surface area contributed by atoms with Crippen LogP contribution in [0.25, 0.3) is 10.9 Å². The number of halogens is 1. The first-order valence-corrected chi connectivity index (χ1v) is 10.9.